The maximum absolute atomic E-state index is 14.4. The van der Waals surface area contributed by atoms with Crippen LogP contribution in [0.1, 0.15) is 31.7 Å². The lowest BCUT2D eigenvalue weighted by molar-refractivity contribution is -0.129. The van der Waals surface area contributed by atoms with Crippen LogP contribution in [-0.2, 0) is 15.1 Å². The summed E-state index contributed by atoms with van der Waals surface area (Å²) in [4.78, 5) is 38.4. The van der Waals surface area contributed by atoms with Crippen LogP contribution in [0.4, 0.5) is 4.39 Å². The first kappa shape index (κ1) is 21.3. The molecule has 3 heterocycles. The van der Waals surface area contributed by atoms with Gasteiger partial charge in [-0.1, -0.05) is 18.2 Å². The Morgan fingerprint density at radius 3 is 2.70 bits per heavy atom. The SMILES string of the molecule is CCN1C=C(C2(c3cccc(-c4cccnc4F)c3)N=C(N)N(C)C2=O)CC1C(=O)C1CC1. The number of rotatable bonds is 6. The molecule has 1 aliphatic carbocycles. The molecule has 2 aliphatic heterocycles. The minimum atomic E-state index is -1.39. The lowest BCUT2D eigenvalue weighted by Crippen LogP contribution is -2.41. The maximum atomic E-state index is 14.4. The number of likely N-dealkylation sites (N-methyl/N-ethyl adjacent to an activating group) is 2. The van der Waals surface area contributed by atoms with Crippen LogP contribution in [0.3, 0.4) is 0 Å². The number of carbonyl (C=O) groups is 2. The van der Waals surface area contributed by atoms with Crippen molar-refractivity contribution in [2.75, 3.05) is 13.6 Å². The van der Waals surface area contributed by atoms with Gasteiger partial charge in [0.25, 0.3) is 5.91 Å². The summed E-state index contributed by atoms with van der Waals surface area (Å²) in [5, 5.41) is 0. The number of halogens is 1. The van der Waals surface area contributed by atoms with Gasteiger partial charge in [0.1, 0.15) is 0 Å². The topological polar surface area (TPSA) is 91.9 Å². The number of ketones is 1. The molecule has 0 bridgehead atoms. The standard InChI is InChI=1S/C25H26FN5O2/c1-3-31-14-18(13-20(31)21(32)15-9-10-15)25(23(33)30(2)24(27)29-25)17-7-4-6-16(12-17)19-8-5-11-28-22(19)26/h4-8,11-12,14-15,20H,3,9-10,13H2,1-2H3,(H2,27,29). The molecule has 1 amide bonds. The largest absolute Gasteiger partial charge is 0.369 e. The normalized spacial score (nSPS) is 24.8. The molecule has 0 saturated heterocycles. The second-order valence-corrected chi connectivity index (χ2v) is 8.85. The number of amides is 1. The molecule has 2 unspecified atom stereocenters. The van der Waals surface area contributed by atoms with Crippen molar-refractivity contribution in [1.82, 2.24) is 14.8 Å². The molecule has 0 radical (unpaired) electrons. The molecule has 1 saturated carbocycles. The van der Waals surface area contributed by atoms with Crippen LogP contribution in [-0.4, -0.2) is 52.1 Å². The van der Waals surface area contributed by atoms with E-state index >= 15 is 0 Å². The third kappa shape index (κ3) is 3.32. The molecular weight excluding hydrogens is 421 g/mol. The smallest absolute Gasteiger partial charge is 0.266 e. The molecule has 2 N–H and O–H groups in total. The summed E-state index contributed by atoms with van der Waals surface area (Å²) >= 11 is 0. The number of benzene rings is 1. The molecule has 8 heteroatoms. The van der Waals surface area contributed by atoms with Crippen molar-refractivity contribution in [2.45, 2.75) is 37.8 Å². The Labute approximate surface area is 191 Å². The van der Waals surface area contributed by atoms with E-state index in [1.165, 1.54) is 11.1 Å². The van der Waals surface area contributed by atoms with Crippen LogP contribution in [0.5, 0.6) is 0 Å². The van der Waals surface area contributed by atoms with Crippen LogP contribution in [0, 0.1) is 11.9 Å². The second-order valence-electron chi connectivity index (χ2n) is 8.85. The van der Waals surface area contributed by atoms with Gasteiger partial charge in [-0.25, -0.2) is 9.98 Å². The zero-order valence-electron chi connectivity index (χ0n) is 18.7. The number of guanidine groups is 1. The fourth-order valence-electron chi connectivity index (χ4n) is 4.86. The molecule has 1 fully saturated rings. The Bertz CT molecular complexity index is 1200. The van der Waals surface area contributed by atoms with Gasteiger partial charge in [-0.05, 0) is 54.7 Å². The van der Waals surface area contributed by atoms with Gasteiger partial charge in [-0.15, -0.1) is 0 Å². The van der Waals surface area contributed by atoms with Gasteiger partial charge in [-0.2, -0.15) is 4.39 Å². The molecule has 2 atom stereocenters. The van der Waals surface area contributed by atoms with Crippen LogP contribution in [0.15, 0.2) is 59.4 Å². The van der Waals surface area contributed by atoms with Crippen molar-refractivity contribution >= 4 is 17.6 Å². The second kappa shape index (κ2) is 7.79. The van der Waals surface area contributed by atoms with Gasteiger partial charge >= 0.3 is 0 Å². The fourth-order valence-corrected chi connectivity index (χ4v) is 4.86. The number of hydrogen-bond donors (Lipinski definition) is 1. The monoisotopic (exact) mass is 447 g/mol. The minimum absolute atomic E-state index is 0.110. The van der Waals surface area contributed by atoms with Crippen molar-refractivity contribution in [2.24, 2.45) is 16.6 Å². The highest BCUT2D eigenvalue weighted by molar-refractivity contribution is 6.09. The summed E-state index contributed by atoms with van der Waals surface area (Å²) in [6.07, 6.45) is 5.56. The average Bonchev–Trinajstić information content (AvgIpc) is 3.55. The number of Topliss-reactive ketones (excluding diaryl/α,β-unsaturated/α-hetero) is 1. The molecule has 1 aromatic heterocycles. The average molecular weight is 448 g/mol. The fraction of sp³-hybridized carbons (Fsp3) is 0.360. The van der Waals surface area contributed by atoms with E-state index in [9.17, 15) is 14.0 Å². The third-order valence-electron chi connectivity index (χ3n) is 6.86. The van der Waals surface area contributed by atoms with E-state index in [4.69, 9.17) is 5.73 Å². The maximum Gasteiger partial charge on any atom is 0.266 e. The Morgan fingerprint density at radius 1 is 1.27 bits per heavy atom. The number of hydrogen-bond acceptors (Lipinski definition) is 6. The summed E-state index contributed by atoms with van der Waals surface area (Å²) in [6, 6.07) is 10.1. The summed E-state index contributed by atoms with van der Waals surface area (Å²) in [5.74, 6) is -0.432. The van der Waals surface area contributed by atoms with E-state index in [1.54, 1.807) is 43.4 Å². The van der Waals surface area contributed by atoms with Gasteiger partial charge in [0.2, 0.25) is 5.95 Å². The van der Waals surface area contributed by atoms with E-state index in [2.05, 4.69) is 9.98 Å². The molecular formula is C25H26FN5O2. The first-order valence-electron chi connectivity index (χ1n) is 11.2. The lowest BCUT2D eigenvalue weighted by atomic mass is 9.80. The predicted molar refractivity (Wildman–Crippen MR) is 122 cm³/mol. The molecule has 170 valence electrons. The molecule has 1 aromatic carbocycles. The van der Waals surface area contributed by atoms with Crippen LogP contribution in [0.25, 0.3) is 11.1 Å². The molecule has 7 nitrogen and oxygen atoms in total. The first-order valence-corrected chi connectivity index (χ1v) is 11.2. The lowest BCUT2D eigenvalue weighted by Gasteiger charge is -2.27. The highest BCUT2D eigenvalue weighted by atomic mass is 19.1. The Kier molecular flexibility index (Phi) is 5.03. The van der Waals surface area contributed by atoms with Crippen LogP contribution in [0.2, 0.25) is 0 Å². The van der Waals surface area contributed by atoms with E-state index in [-0.39, 0.29) is 29.6 Å². The summed E-state index contributed by atoms with van der Waals surface area (Å²) in [5.41, 5.74) is 6.97. The third-order valence-corrected chi connectivity index (χ3v) is 6.86. The van der Waals surface area contributed by atoms with E-state index in [1.807, 2.05) is 18.0 Å². The van der Waals surface area contributed by atoms with Crippen molar-refractivity contribution in [3.63, 3.8) is 0 Å². The van der Waals surface area contributed by atoms with Gasteiger partial charge in [0, 0.05) is 43.9 Å². The van der Waals surface area contributed by atoms with Gasteiger partial charge in [-0.3, -0.25) is 14.5 Å². The van der Waals surface area contributed by atoms with E-state index < -0.39 is 11.5 Å². The number of nitrogens with two attached hydrogens (primary N) is 1. The Hall–Kier alpha value is -3.55. The number of nitrogens with zero attached hydrogens (tertiary/aromatic N) is 4. The zero-order chi connectivity index (χ0) is 23.3. The molecule has 2 aromatic rings. The summed E-state index contributed by atoms with van der Waals surface area (Å²) in [6.45, 7) is 2.64. The molecule has 33 heavy (non-hydrogen) atoms. The number of aliphatic imine (C=N–C) groups is 1. The van der Waals surface area contributed by atoms with Gasteiger partial charge in [0.05, 0.1) is 6.04 Å². The number of aromatic nitrogens is 1. The van der Waals surface area contributed by atoms with E-state index in [0.717, 1.165) is 18.4 Å². The Morgan fingerprint density at radius 2 is 2.06 bits per heavy atom. The number of pyridine rings is 1. The van der Waals surface area contributed by atoms with Gasteiger partial charge in [0.15, 0.2) is 17.3 Å². The first-order chi connectivity index (χ1) is 15.9. The highest BCUT2D eigenvalue weighted by Crippen LogP contribution is 2.46. The van der Waals surface area contributed by atoms with Gasteiger partial charge < -0.3 is 10.6 Å². The van der Waals surface area contributed by atoms with Crippen molar-refractivity contribution in [1.29, 1.82) is 0 Å². The van der Waals surface area contributed by atoms with Crippen molar-refractivity contribution in [3.05, 3.63) is 65.9 Å². The zero-order valence-corrected chi connectivity index (χ0v) is 18.7. The molecule has 0 spiro atoms. The quantitative estimate of drug-likeness (QED) is 0.688. The summed E-state index contributed by atoms with van der Waals surface area (Å²) < 4.78 is 14.4. The highest BCUT2D eigenvalue weighted by Gasteiger charge is 2.54. The number of carbonyl (C=O) groups excluding carboxylic acids is 2. The Balaban J connectivity index is 1.63. The van der Waals surface area contributed by atoms with Crippen LogP contribution < -0.4 is 5.73 Å². The van der Waals surface area contributed by atoms with E-state index in [0.29, 0.717) is 29.7 Å². The molecule has 5 rings (SSSR count). The van der Waals surface area contributed by atoms with Crippen molar-refractivity contribution in [3.8, 4) is 11.1 Å². The minimum Gasteiger partial charge on any atom is -0.369 e. The van der Waals surface area contributed by atoms with Crippen molar-refractivity contribution < 1.29 is 14.0 Å². The predicted octanol–water partition coefficient (Wildman–Crippen LogP) is 2.83. The van der Waals surface area contributed by atoms with Crippen LogP contribution >= 0.6 is 0 Å². The molecule has 3 aliphatic rings. The summed E-state index contributed by atoms with van der Waals surface area (Å²) in [7, 11) is 1.59.